The Hall–Kier alpha value is -1.66. The molecule has 0 radical (unpaired) electrons. The first-order chi connectivity index (χ1) is 10.1. The number of rotatable bonds is 5. The van der Waals surface area contributed by atoms with E-state index < -0.39 is 5.82 Å². The Labute approximate surface area is 134 Å². The molecular formula is C15H21ClFN3O2. The van der Waals surface area contributed by atoms with Crippen molar-refractivity contribution in [3.8, 4) is 0 Å². The Morgan fingerprint density at radius 1 is 1.23 bits per heavy atom. The van der Waals surface area contributed by atoms with E-state index in [1.54, 1.807) is 11.9 Å². The van der Waals surface area contributed by atoms with Gasteiger partial charge in [0.25, 0.3) is 0 Å². The molecule has 0 unspecified atom stereocenters. The molecule has 22 heavy (non-hydrogen) atoms. The quantitative estimate of drug-likeness (QED) is 0.871. The second-order valence-corrected chi connectivity index (χ2v) is 6.55. The monoisotopic (exact) mass is 329 g/mol. The van der Waals surface area contributed by atoms with Crippen LogP contribution in [0.2, 0.25) is 5.02 Å². The molecule has 1 aromatic rings. The van der Waals surface area contributed by atoms with Gasteiger partial charge in [-0.05, 0) is 46.0 Å². The van der Waals surface area contributed by atoms with Crippen LogP contribution in [0.15, 0.2) is 18.2 Å². The second kappa shape index (κ2) is 7.56. The van der Waals surface area contributed by atoms with Gasteiger partial charge in [0, 0.05) is 5.54 Å². The third-order valence-corrected chi connectivity index (χ3v) is 2.86. The molecular weight excluding hydrogens is 309 g/mol. The Morgan fingerprint density at radius 2 is 1.82 bits per heavy atom. The largest absolute Gasteiger partial charge is 0.350 e. The Morgan fingerprint density at radius 3 is 2.36 bits per heavy atom. The van der Waals surface area contributed by atoms with Gasteiger partial charge in [0.2, 0.25) is 11.8 Å². The third-order valence-electron chi connectivity index (χ3n) is 2.55. The molecule has 0 fully saturated rings. The van der Waals surface area contributed by atoms with Gasteiger partial charge >= 0.3 is 0 Å². The Balaban J connectivity index is 2.49. The zero-order chi connectivity index (χ0) is 16.9. The number of benzene rings is 1. The number of carbonyl (C=O) groups is 2. The van der Waals surface area contributed by atoms with Gasteiger partial charge in [-0.1, -0.05) is 11.6 Å². The topological polar surface area (TPSA) is 61.4 Å². The number of anilines is 1. The molecule has 0 atom stereocenters. The fourth-order valence-electron chi connectivity index (χ4n) is 1.78. The minimum absolute atomic E-state index is 0.0191. The average Bonchev–Trinajstić information content (AvgIpc) is 2.29. The highest BCUT2D eigenvalue weighted by Crippen LogP contribution is 2.22. The van der Waals surface area contributed by atoms with E-state index in [0.717, 1.165) is 6.07 Å². The molecule has 0 aliphatic heterocycles. The molecule has 0 spiro atoms. The van der Waals surface area contributed by atoms with Crippen LogP contribution in [-0.2, 0) is 9.59 Å². The molecule has 0 aromatic heterocycles. The molecule has 5 nitrogen and oxygen atoms in total. The SMILES string of the molecule is CN(CC(=O)Nc1ccc(F)cc1Cl)CC(=O)NC(C)(C)C. The lowest BCUT2D eigenvalue weighted by Gasteiger charge is -2.23. The zero-order valence-electron chi connectivity index (χ0n) is 13.2. The van der Waals surface area contributed by atoms with Crippen LogP contribution in [0.5, 0.6) is 0 Å². The Bertz CT molecular complexity index is 558. The lowest BCUT2D eigenvalue weighted by molar-refractivity contribution is -0.124. The zero-order valence-corrected chi connectivity index (χ0v) is 13.9. The smallest absolute Gasteiger partial charge is 0.238 e. The fourth-order valence-corrected chi connectivity index (χ4v) is 2.00. The van der Waals surface area contributed by atoms with Crippen molar-refractivity contribution in [3.05, 3.63) is 29.0 Å². The van der Waals surface area contributed by atoms with Gasteiger partial charge in [-0.15, -0.1) is 0 Å². The van der Waals surface area contributed by atoms with Gasteiger partial charge in [0.05, 0.1) is 23.8 Å². The van der Waals surface area contributed by atoms with E-state index in [4.69, 9.17) is 11.6 Å². The highest BCUT2D eigenvalue weighted by atomic mass is 35.5. The molecule has 0 heterocycles. The van der Waals surface area contributed by atoms with Crippen molar-refractivity contribution < 1.29 is 14.0 Å². The molecule has 2 N–H and O–H groups in total. The van der Waals surface area contributed by atoms with E-state index in [2.05, 4.69) is 10.6 Å². The minimum atomic E-state index is -0.473. The fraction of sp³-hybridized carbons (Fsp3) is 0.467. The lowest BCUT2D eigenvalue weighted by atomic mass is 10.1. The van der Waals surface area contributed by atoms with Crippen LogP contribution in [-0.4, -0.2) is 42.4 Å². The van der Waals surface area contributed by atoms with Crippen molar-refractivity contribution in [2.45, 2.75) is 26.3 Å². The molecule has 2 amide bonds. The van der Waals surface area contributed by atoms with E-state index in [0.29, 0.717) is 5.69 Å². The van der Waals surface area contributed by atoms with Gasteiger partial charge in [0.1, 0.15) is 5.82 Å². The van der Waals surface area contributed by atoms with Crippen LogP contribution in [0.3, 0.4) is 0 Å². The molecule has 7 heteroatoms. The van der Waals surface area contributed by atoms with Crippen LogP contribution in [0.4, 0.5) is 10.1 Å². The lowest BCUT2D eigenvalue weighted by Crippen LogP contribution is -2.46. The first-order valence-corrected chi connectivity index (χ1v) is 7.19. The minimum Gasteiger partial charge on any atom is -0.350 e. The van der Waals surface area contributed by atoms with Crippen molar-refractivity contribution in [3.63, 3.8) is 0 Å². The number of nitrogens with zero attached hydrogens (tertiary/aromatic N) is 1. The van der Waals surface area contributed by atoms with Crippen molar-refractivity contribution in [2.24, 2.45) is 0 Å². The summed E-state index contributed by atoms with van der Waals surface area (Å²) in [7, 11) is 1.66. The molecule has 0 aliphatic carbocycles. The van der Waals surface area contributed by atoms with Crippen molar-refractivity contribution >= 4 is 29.1 Å². The number of nitrogens with one attached hydrogen (secondary N) is 2. The number of halogens is 2. The van der Waals surface area contributed by atoms with Crippen molar-refractivity contribution in [1.82, 2.24) is 10.2 Å². The van der Waals surface area contributed by atoms with Crippen molar-refractivity contribution in [2.75, 3.05) is 25.5 Å². The van der Waals surface area contributed by atoms with Crippen LogP contribution in [0.25, 0.3) is 0 Å². The maximum atomic E-state index is 12.9. The van der Waals surface area contributed by atoms with Gasteiger partial charge in [0.15, 0.2) is 0 Å². The maximum Gasteiger partial charge on any atom is 0.238 e. The predicted molar refractivity (Wildman–Crippen MR) is 85.4 cm³/mol. The van der Waals surface area contributed by atoms with Crippen LogP contribution >= 0.6 is 11.6 Å². The maximum absolute atomic E-state index is 12.9. The summed E-state index contributed by atoms with van der Waals surface area (Å²) in [4.78, 5) is 25.2. The summed E-state index contributed by atoms with van der Waals surface area (Å²) in [5.41, 5.74) is 0.0163. The van der Waals surface area contributed by atoms with E-state index in [-0.39, 0.29) is 35.5 Å². The number of amides is 2. The third kappa shape index (κ3) is 6.87. The number of likely N-dealkylation sites (N-methyl/N-ethyl adjacent to an activating group) is 1. The van der Waals surface area contributed by atoms with E-state index in [1.807, 2.05) is 20.8 Å². The summed E-state index contributed by atoms with van der Waals surface area (Å²) in [6.07, 6.45) is 0. The van der Waals surface area contributed by atoms with Crippen LogP contribution in [0, 0.1) is 5.82 Å². The summed E-state index contributed by atoms with van der Waals surface area (Å²) in [6.45, 7) is 5.77. The molecule has 0 saturated heterocycles. The van der Waals surface area contributed by atoms with E-state index in [1.165, 1.54) is 12.1 Å². The second-order valence-electron chi connectivity index (χ2n) is 6.14. The van der Waals surface area contributed by atoms with Gasteiger partial charge in [-0.3, -0.25) is 14.5 Å². The number of carbonyl (C=O) groups excluding carboxylic acids is 2. The Kier molecular flexibility index (Phi) is 6.32. The summed E-state index contributed by atoms with van der Waals surface area (Å²) in [5, 5.41) is 5.52. The van der Waals surface area contributed by atoms with Gasteiger partial charge in [-0.25, -0.2) is 4.39 Å². The first kappa shape index (κ1) is 18.4. The van der Waals surface area contributed by atoms with Crippen LogP contribution < -0.4 is 10.6 Å². The summed E-state index contributed by atoms with van der Waals surface area (Å²) >= 11 is 5.83. The van der Waals surface area contributed by atoms with E-state index in [9.17, 15) is 14.0 Å². The highest BCUT2D eigenvalue weighted by molar-refractivity contribution is 6.33. The number of hydrogen-bond donors (Lipinski definition) is 2. The number of hydrogen-bond acceptors (Lipinski definition) is 3. The summed E-state index contributed by atoms with van der Waals surface area (Å²) in [6, 6.07) is 3.72. The van der Waals surface area contributed by atoms with Gasteiger partial charge < -0.3 is 10.6 Å². The molecule has 122 valence electrons. The average molecular weight is 330 g/mol. The van der Waals surface area contributed by atoms with Crippen molar-refractivity contribution in [1.29, 1.82) is 0 Å². The molecule has 0 saturated carbocycles. The van der Waals surface area contributed by atoms with E-state index >= 15 is 0 Å². The standard InChI is InChI=1S/C15H21ClFN3O2/c1-15(2,3)19-14(22)9-20(4)8-13(21)18-12-6-5-10(17)7-11(12)16/h5-7H,8-9H2,1-4H3,(H,18,21)(H,19,22). The predicted octanol–water partition coefficient (Wildman–Crippen LogP) is 2.26. The van der Waals surface area contributed by atoms with Gasteiger partial charge in [-0.2, -0.15) is 0 Å². The summed E-state index contributed by atoms with van der Waals surface area (Å²) in [5.74, 6) is -0.971. The first-order valence-electron chi connectivity index (χ1n) is 6.81. The van der Waals surface area contributed by atoms with Crippen LogP contribution in [0.1, 0.15) is 20.8 Å². The molecule has 0 bridgehead atoms. The molecule has 1 aromatic carbocycles. The molecule has 0 aliphatic rings. The summed E-state index contributed by atoms with van der Waals surface area (Å²) < 4.78 is 12.9. The normalized spacial score (nSPS) is 11.4. The highest BCUT2D eigenvalue weighted by Gasteiger charge is 2.16. The molecule has 1 rings (SSSR count).